The van der Waals surface area contributed by atoms with Gasteiger partial charge in [0, 0.05) is 38.5 Å². The monoisotopic (exact) mass is 1100 g/mol. The first-order valence-corrected chi connectivity index (χ1v) is 31.0. The molecule has 12 fully saturated rings. The molecule has 80 heavy (non-hydrogen) atoms. The summed E-state index contributed by atoms with van der Waals surface area (Å²) in [5.41, 5.74) is 0. The van der Waals surface area contributed by atoms with E-state index in [4.69, 9.17) is 37.9 Å². The van der Waals surface area contributed by atoms with Crippen LogP contribution in [-0.2, 0) is 76.3 Å². The van der Waals surface area contributed by atoms with Crippen molar-refractivity contribution in [2.45, 2.75) is 153 Å². The van der Waals surface area contributed by atoms with Crippen molar-refractivity contribution in [3.8, 4) is 0 Å². The number of rotatable bonds is 14. The van der Waals surface area contributed by atoms with Crippen molar-refractivity contribution in [2.75, 3.05) is 26.4 Å². The second-order valence-electron chi connectivity index (χ2n) is 26.8. The summed E-state index contributed by atoms with van der Waals surface area (Å²) in [6.45, 7) is 1.24. The Hall–Kier alpha value is -5.28. The first kappa shape index (κ1) is 54.0. The predicted octanol–water partition coefficient (Wildman–Crippen LogP) is 8.33. The Kier molecular flexibility index (Phi) is 15.4. The summed E-state index contributed by atoms with van der Waals surface area (Å²) < 4.78 is 42.0. The molecule has 0 amide bonds. The van der Waals surface area contributed by atoms with Gasteiger partial charge in [-0.05, 0) is 185 Å². The third-order valence-corrected chi connectivity index (χ3v) is 22.4. The molecular weight excluding hydrogens is 1020 g/mol. The van der Waals surface area contributed by atoms with E-state index in [9.17, 15) is 38.4 Å². The first-order chi connectivity index (χ1) is 38.8. The highest BCUT2D eigenvalue weighted by molar-refractivity contribution is 5.76. The number of carbonyl (C=O) groups is 8. The number of allylic oxidation sites excluding steroid dienone is 8. The van der Waals surface area contributed by atoms with Crippen molar-refractivity contribution in [1.29, 1.82) is 0 Å². The van der Waals surface area contributed by atoms with Gasteiger partial charge in [0.1, 0.15) is 37.6 Å². The summed E-state index contributed by atoms with van der Waals surface area (Å²) in [5.74, 6) is 10.2. The minimum Gasteiger partial charge on any atom is -0.465 e. The lowest BCUT2D eigenvalue weighted by Crippen LogP contribution is -2.36. The van der Waals surface area contributed by atoms with Gasteiger partial charge in [0.05, 0.1) is 36.9 Å². The van der Waals surface area contributed by atoms with Gasteiger partial charge in [-0.1, -0.05) is 48.6 Å². The van der Waals surface area contributed by atoms with E-state index in [0.717, 1.165) is 111 Å². The molecule has 4 saturated heterocycles. The smallest absolute Gasteiger partial charge is 0.309 e. The summed E-state index contributed by atoms with van der Waals surface area (Å²) in [6.07, 6.45) is 35.1. The van der Waals surface area contributed by atoms with E-state index in [-0.39, 0.29) is 109 Å². The molecule has 16 heteroatoms. The van der Waals surface area contributed by atoms with Gasteiger partial charge in [-0.15, -0.1) is 0 Å². The maximum absolute atomic E-state index is 12.5. The molecule has 432 valence electrons. The summed E-state index contributed by atoms with van der Waals surface area (Å²) in [4.78, 5) is 92.8. The fourth-order valence-electron chi connectivity index (χ4n) is 19.0. The van der Waals surface area contributed by atoms with E-state index in [1.54, 1.807) is 0 Å². The molecule has 4 heterocycles. The average Bonchev–Trinajstić information content (AvgIpc) is 4.49. The van der Waals surface area contributed by atoms with Crippen LogP contribution in [0.15, 0.2) is 48.6 Å². The predicted molar refractivity (Wildman–Crippen MR) is 282 cm³/mol. The van der Waals surface area contributed by atoms with Crippen molar-refractivity contribution in [3.05, 3.63) is 48.6 Å². The Bertz CT molecular complexity index is 2560. The van der Waals surface area contributed by atoms with Crippen molar-refractivity contribution in [1.82, 2.24) is 0 Å². The van der Waals surface area contributed by atoms with Gasteiger partial charge in [0.2, 0.25) is 0 Å². The van der Waals surface area contributed by atoms with Crippen molar-refractivity contribution >= 4 is 47.8 Å². The largest absolute Gasteiger partial charge is 0.465 e. The Labute approximate surface area is 468 Å². The molecule has 8 saturated carbocycles. The van der Waals surface area contributed by atoms with Crippen LogP contribution in [0.3, 0.4) is 0 Å². The molecule has 0 radical (unpaired) electrons. The van der Waals surface area contributed by atoms with Crippen LogP contribution in [0.4, 0.5) is 0 Å². The number of esters is 8. The van der Waals surface area contributed by atoms with E-state index in [2.05, 4.69) is 48.6 Å². The number of fused-ring (bicyclic) bond motifs is 22. The maximum atomic E-state index is 12.5. The normalized spacial score (nSPS) is 44.4. The molecule has 0 spiro atoms. The number of carbonyl (C=O) groups excluding carboxylic acids is 8. The number of cyclic esters (lactones) is 4. The highest BCUT2D eigenvalue weighted by Gasteiger charge is 2.64. The van der Waals surface area contributed by atoms with Gasteiger partial charge in [-0.2, -0.15) is 0 Å². The molecule has 16 aliphatic rings. The quantitative estimate of drug-likeness (QED) is 0.0693. The van der Waals surface area contributed by atoms with Gasteiger partial charge in [-0.3, -0.25) is 38.4 Å². The lowest BCUT2D eigenvalue weighted by atomic mass is 9.69. The molecule has 12 bridgehead atoms. The van der Waals surface area contributed by atoms with Crippen LogP contribution in [-0.4, -0.2) is 98.6 Å². The molecule has 4 aliphatic heterocycles. The van der Waals surface area contributed by atoms with Crippen LogP contribution >= 0.6 is 0 Å². The standard InChI is InChI=1S/C19H24O4.C18H22O4.C14H18O4.C13H16O4/c20-16-4-3-13(23-16)5-6-22-19(21)15-9-12-8-14(15)18-11-2-1-10(7-11)17(12)18;19-15-4-3-12(22-15)8-21-18(20)14-7-11-6-13(14)17-10-2-1-9(5-10)16(11)17;15-13-4-3-11(18-13)5-6-17-14(16)12-8-9-1-2-10(12)7-9;14-12-4-3-10(17-12)7-16-13(15)11-6-8-1-2-9(11)5-8/h1-2,10-15,17-18H,3-9H2;1-2,9-14,16-17H,3-8H2;1-2,9-12H,3-8H2;1-2,8-11H,3-7H2. The Morgan fingerprint density at radius 3 is 1.07 bits per heavy atom. The molecule has 0 aromatic carbocycles. The van der Waals surface area contributed by atoms with Crippen LogP contribution in [0.5, 0.6) is 0 Å². The van der Waals surface area contributed by atoms with E-state index >= 15 is 0 Å². The zero-order chi connectivity index (χ0) is 54.8. The van der Waals surface area contributed by atoms with E-state index in [1.807, 2.05) is 0 Å². The Morgan fingerprint density at radius 2 is 0.713 bits per heavy atom. The number of ether oxygens (including phenoxy) is 8. The van der Waals surface area contributed by atoms with Gasteiger partial charge >= 0.3 is 47.8 Å². The molecule has 24 unspecified atom stereocenters. The minimum atomic E-state index is -0.222. The molecular formula is C64H80O16. The van der Waals surface area contributed by atoms with Gasteiger partial charge < -0.3 is 37.9 Å². The fraction of sp³-hybridized carbons (Fsp3) is 0.750. The highest BCUT2D eigenvalue weighted by atomic mass is 16.6. The minimum absolute atomic E-state index is 0.00651. The van der Waals surface area contributed by atoms with E-state index in [1.165, 1.54) is 25.7 Å². The summed E-state index contributed by atoms with van der Waals surface area (Å²) >= 11 is 0. The molecule has 24 atom stereocenters. The summed E-state index contributed by atoms with van der Waals surface area (Å²) in [7, 11) is 0. The number of hydrogen-bond acceptors (Lipinski definition) is 16. The molecule has 16 nitrogen and oxygen atoms in total. The average molecular weight is 1110 g/mol. The van der Waals surface area contributed by atoms with Crippen LogP contribution in [0, 0.1) is 118 Å². The molecule has 0 N–H and O–H groups in total. The third kappa shape index (κ3) is 11.0. The summed E-state index contributed by atoms with van der Waals surface area (Å²) in [5, 5.41) is 0. The lowest BCUT2D eigenvalue weighted by molar-refractivity contribution is -0.158. The topological polar surface area (TPSA) is 210 Å². The van der Waals surface area contributed by atoms with Gasteiger partial charge in [0.15, 0.2) is 0 Å². The third-order valence-electron chi connectivity index (χ3n) is 22.4. The fourth-order valence-corrected chi connectivity index (χ4v) is 19.0. The molecule has 16 rings (SSSR count). The van der Waals surface area contributed by atoms with Crippen molar-refractivity contribution < 1.29 is 76.3 Å². The first-order valence-electron chi connectivity index (χ1n) is 31.0. The SMILES string of the molecule is O=C1CCC(CCOC(=O)C2CC3C=CC2C3)O1.O=C1CCC(CCOC(=O)C2CC3CC2C2C4C=CC(C4)C32)O1.O=C1CCC(COC(=O)C2CC3C=CC2C3)O1.O=C1CCC(COC(=O)C2CC3CC2C2C4C=CC(C4)C32)O1. The zero-order valence-corrected chi connectivity index (χ0v) is 46.0. The van der Waals surface area contributed by atoms with Crippen molar-refractivity contribution in [2.24, 2.45) is 118 Å². The second kappa shape index (κ2) is 22.8. The molecule has 0 aromatic heterocycles. The Balaban J connectivity index is 0.000000102. The maximum Gasteiger partial charge on any atom is 0.309 e. The molecule has 12 aliphatic carbocycles. The van der Waals surface area contributed by atoms with Crippen LogP contribution in [0.1, 0.15) is 128 Å². The number of hydrogen-bond donors (Lipinski definition) is 0. The highest BCUT2D eigenvalue weighted by Crippen LogP contribution is 2.68. The van der Waals surface area contributed by atoms with E-state index < -0.39 is 0 Å². The van der Waals surface area contributed by atoms with Gasteiger partial charge in [0.25, 0.3) is 0 Å². The lowest BCUT2D eigenvalue weighted by Gasteiger charge is -2.35. The van der Waals surface area contributed by atoms with E-state index in [0.29, 0.717) is 100 Å². The van der Waals surface area contributed by atoms with Crippen LogP contribution in [0.2, 0.25) is 0 Å². The van der Waals surface area contributed by atoms with Gasteiger partial charge in [-0.25, -0.2) is 0 Å². The van der Waals surface area contributed by atoms with Crippen LogP contribution in [0.25, 0.3) is 0 Å². The molecule has 0 aromatic rings. The Morgan fingerprint density at radius 1 is 0.362 bits per heavy atom. The summed E-state index contributed by atoms with van der Waals surface area (Å²) in [6, 6.07) is 0. The second-order valence-corrected chi connectivity index (χ2v) is 26.8. The van der Waals surface area contributed by atoms with Crippen LogP contribution < -0.4 is 0 Å². The van der Waals surface area contributed by atoms with Crippen molar-refractivity contribution in [3.63, 3.8) is 0 Å². The zero-order valence-electron chi connectivity index (χ0n) is 46.0.